The minimum Gasteiger partial charge on any atom is -0.348 e. The molecule has 92 valence electrons. The van der Waals surface area contributed by atoms with Crippen molar-refractivity contribution < 1.29 is 0 Å². The molecule has 0 amide bonds. The quantitative estimate of drug-likeness (QED) is 0.881. The van der Waals surface area contributed by atoms with E-state index in [1.165, 1.54) is 0 Å². The van der Waals surface area contributed by atoms with Crippen LogP contribution in [0.3, 0.4) is 0 Å². The molecule has 1 N–H and O–H groups in total. The Bertz CT molecular complexity index is 511. The van der Waals surface area contributed by atoms with Crippen LogP contribution >= 0.6 is 0 Å². The summed E-state index contributed by atoms with van der Waals surface area (Å²) in [7, 11) is 0. The number of nitrogens with zero attached hydrogens (tertiary/aromatic N) is 3. The lowest BCUT2D eigenvalue weighted by atomic mass is 9.96. The highest BCUT2D eigenvalue weighted by Gasteiger charge is 2.21. The summed E-state index contributed by atoms with van der Waals surface area (Å²) >= 11 is 0. The van der Waals surface area contributed by atoms with E-state index in [1.807, 2.05) is 29.8 Å². The first-order valence-corrected chi connectivity index (χ1v) is 6.18. The Kier molecular flexibility index (Phi) is 3.05. The lowest BCUT2D eigenvalue weighted by Crippen LogP contribution is -2.33. The van der Waals surface area contributed by atoms with Gasteiger partial charge in [-0.15, -0.1) is 5.10 Å². The normalized spacial score (nSPS) is 12.0. The molecule has 0 aliphatic carbocycles. The summed E-state index contributed by atoms with van der Waals surface area (Å²) in [6.45, 7) is 8.60. The molecule has 2 rings (SSSR count). The van der Waals surface area contributed by atoms with Crippen LogP contribution in [0.25, 0.3) is 5.65 Å². The van der Waals surface area contributed by atoms with Gasteiger partial charge in [0.05, 0.1) is 0 Å². The summed E-state index contributed by atoms with van der Waals surface area (Å²) in [5, 5.41) is 7.88. The van der Waals surface area contributed by atoms with Gasteiger partial charge in [0.25, 0.3) is 0 Å². The van der Waals surface area contributed by atoms with Gasteiger partial charge in [0, 0.05) is 11.7 Å². The molecule has 0 aliphatic heterocycles. The molecular formula is C13H20N4. The Morgan fingerprint density at radius 2 is 2.06 bits per heavy atom. The van der Waals surface area contributed by atoms with Crippen molar-refractivity contribution in [1.82, 2.24) is 14.6 Å². The predicted octanol–water partition coefficient (Wildman–Crippen LogP) is 3.03. The van der Waals surface area contributed by atoms with Crippen LogP contribution in [0.4, 0.5) is 5.95 Å². The second-order valence-electron chi connectivity index (χ2n) is 4.79. The van der Waals surface area contributed by atoms with Gasteiger partial charge >= 0.3 is 0 Å². The Balaban J connectivity index is 2.34. The van der Waals surface area contributed by atoms with Crippen LogP contribution < -0.4 is 5.32 Å². The van der Waals surface area contributed by atoms with Crippen molar-refractivity contribution in [1.29, 1.82) is 0 Å². The lowest BCUT2D eigenvalue weighted by molar-refractivity contribution is 0.474. The molecule has 0 bridgehead atoms. The van der Waals surface area contributed by atoms with Crippen molar-refractivity contribution >= 4 is 11.6 Å². The second kappa shape index (κ2) is 4.35. The van der Waals surface area contributed by atoms with Gasteiger partial charge < -0.3 is 5.32 Å². The molecule has 0 spiro atoms. The molecule has 0 atom stereocenters. The van der Waals surface area contributed by atoms with Crippen LogP contribution in [-0.2, 0) is 0 Å². The van der Waals surface area contributed by atoms with Crippen molar-refractivity contribution in [3.05, 3.63) is 23.9 Å². The fourth-order valence-corrected chi connectivity index (χ4v) is 1.79. The molecule has 17 heavy (non-hydrogen) atoms. The second-order valence-corrected chi connectivity index (χ2v) is 4.79. The fraction of sp³-hybridized carbons (Fsp3) is 0.538. The van der Waals surface area contributed by atoms with Crippen LogP contribution in [0.15, 0.2) is 18.3 Å². The predicted molar refractivity (Wildman–Crippen MR) is 70.3 cm³/mol. The molecule has 0 aliphatic rings. The minimum absolute atomic E-state index is 0.0683. The van der Waals surface area contributed by atoms with Gasteiger partial charge in [0.15, 0.2) is 5.65 Å². The van der Waals surface area contributed by atoms with Gasteiger partial charge in [0.1, 0.15) is 0 Å². The summed E-state index contributed by atoms with van der Waals surface area (Å²) in [5.74, 6) is 0.713. The van der Waals surface area contributed by atoms with Gasteiger partial charge in [0.2, 0.25) is 5.95 Å². The van der Waals surface area contributed by atoms with Crippen LogP contribution in [-0.4, -0.2) is 20.1 Å². The third-order valence-corrected chi connectivity index (χ3v) is 3.53. The van der Waals surface area contributed by atoms with E-state index in [1.54, 1.807) is 0 Å². The summed E-state index contributed by atoms with van der Waals surface area (Å²) in [6, 6.07) is 4.03. The third kappa shape index (κ3) is 2.25. The van der Waals surface area contributed by atoms with Gasteiger partial charge in [-0.2, -0.15) is 4.98 Å². The minimum atomic E-state index is 0.0683. The monoisotopic (exact) mass is 232 g/mol. The van der Waals surface area contributed by atoms with Crippen LogP contribution in [0.5, 0.6) is 0 Å². The SMILES string of the molecule is CCC(C)(CC)Nc1nc2c(C)cccn2n1. The maximum absolute atomic E-state index is 4.53. The fourth-order valence-electron chi connectivity index (χ4n) is 1.79. The molecule has 2 aromatic rings. The average Bonchev–Trinajstić information content (AvgIpc) is 2.73. The molecule has 2 heterocycles. The Morgan fingerprint density at radius 1 is 1.35 bits per heavy atom. The van der Waals surface area contributed by atoms with Crippen LogP contribution in [0, 0.1) is 6.92 Å². The van der Waals surface area contributed by atoms with Gasteiger partial charge in [-0.3, -0.25) is 0 Å². The first kappa shape index (κ1) is 11.9. The largest absolute Gasteiger partial charge is 0.348 e. The van der Waals surface area contributed by atoms with E-state index in [-0.39, 0.29) is 5.54 Å². The topological polar surface area (TPSA) is 42.2 Å². The molecular weight excluding hydrogens is 212 g/mol. The number of hydrogen-bond donors (Lipinski definition) is 1. The lowest BCUT2D eigenvalue weighted by Gasteiger charge is -2.27. The molecule has 4 nitrogen and oxygen atoms in total. The van der Waals surface area contributed by atoms with E-state index in [0.717, 1.165) is 24.1 Å². The summed E-state index contributed by atoms with van der Waals surface area (Å²) in [5.41, 5.74) is 2.13. The molecule has 0 aromatic carbocycles. The zero-order valence-corrected chi connectivity index (χ0v) is 11.0. The maximum atomic E-state index is 4.53. The molecule has 4 heteroatoms. The number of rotatable bonds is 4. The first-order valence-electron chi connectivity index (χ1n) is 6.18. The highest BCUT2D eigenvalue weighted by atomic mass is 15.4. The molecule has 0 radical (unpaired) electrons. The van der Waals surface area contributed by atoms with Gasteiger partial charge in [-0.25, -0.2) is 4.52 Å². The summed E-state index contributed by atoms with van der Waals surface area (Å²) in [4.78, 5) is 4.53. The number of anilines is 1. The number of hydrogen-bond acceptors (Lipinski definition) is 3. The highest BCUT2D eigenvalue weighted by Crippen LogP contribution is 2.20. The summed E-state index contributed by atoms with van der Waals surface area (Å²) < 4.78 is 1.82. The number of aryl methyl sites for hydroxylation is 1. The van der Waals surface area contributed by atoms with E-state index >= 15 is 0 Å². The van der Waals surface area contributed by atoms with Crippen molar-refractivity contribution in [3.63, 3.8) is 0 Å². The molecule has 0 saturated carbocycles. The third-order valence-electron chi connectivity index (χ3n) is 3.53. The van der Waals surface area contributed by atoms with Gasteiger partial charge in [-0.1, -0.05) is 19.9 Å². The zero-order chi connectivity index (χ0) is 12.5. The van der Waals surface area contributed by atoms with Crippen molar-refractivity contribution in [2.24, 2.45) is 0 Å². The highest BCUT2D eigenvalue weighted by molar-refractivity contribution is 5.50. The van der Waals surface area contributed by atoms with Crippen molar-refractivity contribution in [2.45, 2.75) is 46.1 Å². The van der Waals surface area contributed by atoms with Crippen molar-refractivity contribution in [2.75, 3.05) is 5.32 Å². The number of pyridine rings is 1. The standard InChI is InChI=1S/C13H20N4/c1-5-13(4,6-2)15-12-14-11-10(3)8-7-9-17(11)16-12/h7-9H,5-6H2,1-4H3,(H,15,16). The molecule has 2 aromatic heterocycles. The smallest absolute Gasteiger partial charge is 0.243 e. The Morgan fingerprint density at radius 3 is 2.65 bits per heavy atom. The number of nitrogens with one attached hydrogen (secondary N) is 1. The van der Waals surface area contributed by atoms with E-state index in [4.69, 9.17) is 0 Å². The number of aromatic nitrogens is 3. The van der Waals surface area contributed by atoms with E-state index in [2.05, 4.69) is 36.2 Å². The van der Waals surface area contributed by atoms with Gasteiger partial charge in [-0.05, 0) is 38.3 Å². The van der Waals surface area contributed by atoms with Crippen molar-refractivity contribution in [3.8, 4) is 0 Å². The van der Waals surface area contributed by atoms with Crippen LogP contribution in [0.2, 0.25) is 0 Å². The van der Waals surface area contributed by atoms with E-state index in [9.17, 15) is 0 Å². The number of fused-ring (bicyclic) bond motifs is 1. The van der Waals surface area contributed by atoms with E-state index < -0.39 is 0 Å². The Hall–Kier alpha value is -1.58. The average molecular weight is 232 g/mol. The van der Waals surface area contributed by atoms with Crippen LogP contribution in [0.1, 0.15) is 39.2 Å². The molecule has 0 saturated heterocycles. The molecule has 0 fully saturated rings. The maximum Gasteiger partial charge on any atom is 0.243 e. The first-order chi connectivity index (χ1) is 8.08. The van der Waals surface area contributed by atoms with E-state index in [0.29, 0.717) is 5.95 Å². The Labute approximate surface area is 102 Å². The molecule has 0 unspecified atom stereocenters. The summed E-state index contributed by atoms with van der Waals surface area (Å²) in [6.07, 6.45) is 4.03. The zero-order valence-electron chi connectivity index (χ0n) is 11.0.